The zero-order valence-electron chi connectivity index (χ0n) is 15.2. The molecule has 1 aromatic carbocycles. The lowest BCUT2D eigenvalue weighted by molar-refractivity contribution is -0.121. The molecule has 0 radical (unpaired) electrons. The van der Waals surface area contributed by atoms with Crippen LogP contribution in [0.4, 0.5) is 5.69 Å². The van der Waals surface area contributed by atoms with Crippen LogP contribution in [0.2, 0.25) is 0 Å². The summed E-state index contributed by atoms with van der Waals surface area (Å²) >= 11 is 5.63. The van der Waals surface area contributed by atoms with Crippen molar-refractivity contribution in [1.29, 1.82) is 0 Å². The zero-order valence-corrected chi connectivity index (χ0v) is 17.7. The number of carbonyl (C=O) groups is 1. The molecule has 3 heterocycles. The van der Waals surface area contributed by atoms with E-state index in [0.29, 0.717) is 19.8 Å². The van der Waals surface area contributed by atoms with Crippen LogP contribution in [0, 0.1) is 10.7 Å². The number of anilines is 1. The number of amides is 1. The van der Waals surface area contributed by atoms with E-state index in [2.05, 4.69) is 43.9 Å². The van der Waals surface area contributed by atoms with Gasteiger partial charge in [-0.15, -0.1) is 0 Å². The Balaban J connectivity index is 1.79. The Morgan fingerprint density at radius 3 is 2.73 bits per heavy atom. The fourth-order valence-corrected chi connectivity index (χ4v) is 7.09. The molecule has 1 amide bonds. The molecule has 0 bridgehead atoms. The highest BCUT2D eigenvalue weighted by molar-refractivity contribution is 7.80. The number of benzene rings is 1. The number of ether oxygens (including phenoxy) is 1. The van der Waals surface area contributed by atoms with Crippen LogP contribution >= 0.6 is 32.9 Å². The molecule has 4 rings (SSSR count). The van der Waals surface area contributed by atoms with Crippen LogP contribution < -0.4 is 4.90 Å². The first-order valence-electron chi connectivity index (χ1n) is 8.77. The van der Waals surface area contributed by atoms with Crippen LogP contribution in [0.15, 0.2) is 18.2 Å². The highest BCUT2D eigenvalue weighted by Gasteiger charge is 2.43. The van der Waals surface area contributed by atoms with E-state index in [1.165, 1.54) is 10.4 Å². The van der Waals surface area contributed by atoms with E-state index in [9.17, 15) is 4.79 Å². The molecular formula is C19H22N2O2S3. The van der Waals surface area contributed by atoms with Crippen molar-refractivity contribution in [1.82, 2.24) is 4.90 Å². The monoisotopic (exact) mass is 406 g/mol. The second kappa shape index (κ2) is 6.80. The minimum absolute atomic E-state index is 0.136. The molecule has 0 spiro atoms. The van der Waals surface area contributed by atoms with Crippen LogP contribution in [-0.4, -0.2) is 43.7 Å². The van der Waals surface area contributed by atoms with Crippen molar-refractivity contribution >= 4 is 44.5 Å². The van der Waals surface area contributed by atoms with E-state index in [-0.39, 0.29) is 5.91 Å². The van der Waals surface area contributed by atoms with Gasteiger partial charge in [-0.1, -0.05) is 44.5 Å². The standard InChI is InChI=1S/C19H22N2O2S3/c1-12-4-5-14-13(10-12)16-17(25-26-18(16)24)19(2,3)21(14)15(22)11-20-6-8-23-9-7-20/h4-5,10H,6-9,11H2,1-3H3. The summed E-state index contributed by atoms with van der Waals surface area (Å²) in [6.07, 6.45) is 0. The Kier molecular flexibility index (Phi) is 4.77. The lowest BCUT2D eigenvalue weighted by Gasteiger charge is -2.44. The normalized spacial score (nSPS) is 19.1. The Labute approximate surface area is 166 Å². The van der Waals surface area contributed by atoms with E-state index in [0.717, 1.165) is 33.7 Å². The highest BCUT2D eigenvalue weighted by atomic mass is 32.9. The molecule has 7 heteroatoms. The molecule has 1 fully saturated rings. The van der Waals surface area contributed by atoms with Crippen molar-refractivity contribution in [3.05, 3.63) is 32.5 Å². The minimum Gasteiger partial charge on any atom is -0.379 e. The van der Waals surface area contributed by atoms with Crippen LogP contribution in [0.25, 0.3) is 11.1 Å². The average molecular weight is 407 g/mol. The van der Waals surface area contributed by atoms with Crippen molar-refractivity contribution in [2.75, 3.05) is 37.7 Å². The number of nitrogens with zero attached hydrogens (tertiary/aromatic N) is 2. The maximum Gasteiger partial charge on any atom is 0.241 e. The smallest absolute Gasteiger partial charge is 0.241 e. The van der Waals surface area contributed by atoms with Gasteiger partial charge in [0.1, 0.15) is 3.82 Å². The molecule has 0 atom stereocenters. The van der Waals surface area contributed by atoms with Crippen LogP contribution in [0.1, 0.15) is 24.3 Å². The fraction of sp³-hybridized carbons (Fsp3) is 0.474. The van der Waals surface area contributed by atoms with Crippen molar-refractivity contribution < 1.29 is 9.53 Å². The summed E-state index contributed by atoms with van der Waals surface area (Å²) in [7, 11) is 3.34. The van der Waals surface area contributed by atoms with Gasteiger partial charge in [0.2, 0.25) is 5.91 Å². The van der Waals surface area contributed by atoms with Gasteiger partial charge in [-0.3, -0.25) is 9.69 Å². The molecule has 0 unspecified atom stereocenters. The zero-order chi connectivity index (χ0) is 18.5. The number of morpholine rings is 1. The highest BCUT2D eigenvalue weighted by Crippen LogP contribution is 2.52. The Morgan fingerprint density at radius 1 is 1.27 bits per heavy atom. The van der Waals surface area contributed by atoms with Gasteiger partial charge < -0.3 is 9.64 Å². The number of hydrogen-bond acceptors (Lipinski definition) is 6. The van der Waals surface area contributed by atoms with Gasteiger partial charge in [0.25, 0.3) is 0 Å². The predicted octanol–water partition coefficient (Wildman–Crippen LogP) is 4.43. The van der Waals surface area contributed by atoms with E-state index < -0.39 is 5.54 Å². The van der Waals surface area contributed by atoms with Crippen molar-refractivity contribution in [3.8, 4) is 11.1 Å². The number of hydrogen-bond donors (Lipinski definition) is 0. The average Bonchev–Trinajstić information content (AvgIpc) is 2.99. The summed E-state index contributed by atoms with van der Waals surface area (Å²) in [6, 6.07) is 6.31. The molecule has 2 aliphatic heterocycles. The van der Waals surface area contributed by atoms with Gasteiger partial charge in [-0.05, 0) is 32.9 Å². The van der Waals surface area contributed by atoms with Gasteiger partial charge in [0.15, 0.2) is 0 Å². The summed E-state index contributed by atoms with van der Waals surface area (Å²) in [6.45, 7) is 9.77. The molecule has 4 nitrogen and oxygen atoms in total. The molecule has 2 aliphatic rings. The van der Waals surface area contributed by atoms with Crippen LogP contribution in [0.3, 0.4) is 0 Å². The second-order valence-corrected chi connectivity index (χ2v) is 10.2. The molecule has 0 saturated carbocycles. The first kappa shape index (κ1) is 18.3. The largest absolute Gasteiger partial charge is 0.379 e. The third-order valence-electron chi connectivity index (χ3n) is 5.12. The number of aryl methyl sites for hydroxylation is 1. The maximum absolute atomic E-state index is 13.4. The SMILES string of the molecule is Cc1ccc2c(c1)-c1c(ssc1=S)C(C)(C)N2C(=O)CN1CCOCC1. The number of rotatable bonds is 2. The Bertz CT molecular complexity index is 910. The molecule has 1 aromatic heterocycles. The minimum atomic E-state index is -0.404. The van der Waals surface area contributed by atoms with Crippen molar-refractivity contribution in [2.24, 2.45) is 0 Å². The summed E-state index contributed by atoms with van der Waals surface area (Å²) in [5.41, 5.74) is 3.99. The Hall–Kier alpha value is -1.12. The molecule has 2 aromatic rings. The number of fused-ring (bicyclic) bond motifs is 3. The summed E-state index contributed by atoms with van der Waals surface area (Å²) in [4.78, 5) is 18.7. The molecule has 0 aliphatic carbocycles. The summed E-state index contributed by atoms with van der Waals surface area (Å²) < 4.78 is 6.33. The lowest BCUT2D eigenvalue weighted by atomic mass is 9.86. The van der Waals surface area contributed by atoms with Crippen LogP contribution in [0.5, 0.6) is 0 Å². The molecular weight excluding hydrogens is 384 g/mol. The van der Waals surface area contributed by atoms with Crippen molar-refractivity contribution in [2.45, 2.75) is 26.3 Å². The molecule has 26 heavy (non-hydrogen) atoms. The first-order chi connectivity index (χ1) is 12.4. The fourth-order valence-electron chi connectivity index (χ4n) is 3.81. The Morgan fingerprint density at radius 2 is 2.00 bits per heavy atom. The maximum atomic E-state index is 13.4. The topological polar surface area (TPSA) is 32.8 Å². The van der Waals surface area contributed by atoms with Gasteiger partial charge in [0, 0.05) is 24.2 Å². The van der Waals surface area contributed by atoms with Crippen LogP contribution in [-0.2, 0) is 15.1 Å². The van der Waals surface area contributed by atoms with E-state index in [1.807, 2.05) is 4.90 Å². The van der Waals surface area contributed by atoms with Gasteiger partial charge >= 0.3 is 0 Å². The molecule has 1 saturated heterocycles. The van der Waals surface area contributed by atoms with E-state index in [4.69, 9.17) is 17.0 Å². The van der Waals surface area contributed by atoms with Crippen molar-refractivity contribution in [3.63, 3.8) is 0 Å². The predicted molar refractivity (Wildman–Crippen MR) is 111 cm³/mol. The van der Waals surface area contributed by atoms with Gasteiger partial charge in [0.05, 0.1) is 35.9 Å². The first-order valence-corrected chi connectivity index (χ1v) is 11.3. The molecule has 0 N–H and O–H groups in total. The van der Waals surface area contributed by atoms with Gasteiger partial charge in [-0.25, -0.2) is 0 Å². The summed E-state index contributed by atoms with van der Waals surface area (Å²) in [5.74, 6) is 0.136. The number of carbonyl (C=O) groups excluding carboxylic acids is 1. The summed E-state index contributed by atoms with van der Waals surface area (Å²) in [5, 5.41) is 0. The van der Waals surface area contributed by atoms with Gasteiger partial charge in [-0.2, -0.15) is 0 Å². The quantitative estimate of drug-likeness (QED) is 0.546. The second-order valence-electron chi connectivity index (χ2n) is 7.36. The lowest BCUT2D eigenvalue weighted by Crippen LogP contribution is -2.52. The third kappa shape index (κ3) is 2.96. The third-order valence-corrected chi connectivity index (χ3v) is 8.45. The van der Waals surface area contributed by atoms with E-state index >= 15 is 0 Å². The molecule has 138 valence electrons. The van der Waals surface area contributed by atoms with E-state index in [1.54, 1.807) is 20.7 Å².